The third kappa shape index (κ3) is 5.60. The summed E-state index contributed by atoms with van der Waals surface area (Å²) in [6.45, 7) is 1.62. The number of carboxylic acid groups (broad SMARTS) is 1. The number of aliphatic carboxylic acids is 1. The van der Waals surface area contributed by atoms with E-state index in [-0.39, 0.29) is 6.42 Å². The predicted molar refractivity (Wildman–Crippen MR) is 74.6 cm³/mol. The van der Waals surface area contributed by atoms with Gasteiger partial charge in [0.2, 0.25) is 0 Å². The van der Waals surface area contributed by atoms with Crippen LogP contribution in [0.2, 0.25) is 0 Å². The molecule has 0 saturated carbocycles. The van der Waals surface area contributed by atoms with Gasteiger partial charge in [-0.1, -0.05) is 15.9 Å². The summed E-state index contributed by atoms with van der Waals surface area (Å²) in [7, 11) is 1.53. The molecule has 3 N–H and O–H groups in total. The molecule has 0 aliphatic carbocycles. The quantitative estimate of drug-likeness (QED) is 0.773. The van der Waals surface area contributed by atoms with Crippen molar-refractivity contribution in [1.29, 1.82) is 0 Å². The maximum atomic E-state index is 11.6. The third-order valence-electron chi connectivity index (χ3n) is 2.22. The van der Waals surface area contributed by atoms with E-state index in [9.17, 15) is 9.59 Å². The number of hydrogen-bond donors (Lipinski definition) is 3. The summed E-state index contributed by atoms with van der Waals surface area (Å²) in [6, 6.07) is 4.22. The molecular weight excluding hydrogens is 316 g/mol. The predicted octanol–water partition coefficient (Wildman–Crippen LogP) is 2.44. The maximum absolute atomic E-state index is 11.6. The van der Waals surface area contributed by atoms with Gasteiger partial charge in [0.1, 0.15) is 5.75 Å². The molecule has 0 aliphatic heterocycles. The Morgan fingerprint density at radius 1 is 1.42 bits per heavy atom. The summed E-state index contributed by atoms with van der Waals surface area (Å²) in [5.74, 6) is -0.361. The Hall–Kier alpha value is -1.76. The first-order valence-corrected chi connectivity index (χ1v) is 6.34. The van der Waals surface area contributed by atoms with Crippen LogP contribution in [-0.4, -0.2) is 30.3 Å². The lowest BCUT2D eigenvalue weighted by Crippen LogP contribution is -2.37. The number of benzene rings is 1. The van der Waals surface area contributed by atoms with Crippen molar-refractivity contribution in [3.8, 4) is 5.75 Å². The number of methoxy groups -OCH3 is 1. The van der Waals surface area contributed by atoms with Gasteiger partial charge in [-0.2, -0.15) is 0 Å². The smallest absolute Gasteiger partial charge is 0.319 e. The van der Waals surface area contributed by atoms with Gasteiger partial charge in [0.25, 0.3) is 0 Å². The molecule has 0 radical (unpaired) electrons. The lowest BCUT2D eigenvalue weighted by Gasteiger charge is -2.13. The Balaban J connectivity index is 2.61. The van der Waals surface area contributed by atoms with E-state index in [2.05, 4.69) is 26.6 Å². The van der Waals surface area contributed by atoms with Crippen LogP contribution >= 0.6 is 15.9 Å². The summed E-state index contributed by atoms with van der Waals surface area (Å²) < 4.78 is 5.84. The Kier molecular flexibility index (Phi) is 5.62. The maximum Gasteiger partial charge on any atom is 0.319 e. The molecule has 1 rings (SSSR count). The topological polar surface area (TPSA) is 87.7 Å². The van der Waals surface area contributed by atoms with Crippen LogP contribution in [0.4, 0.5) is 10.5 Å². The monoisotopic (exact) mass is 330 g/mol. The first-order chi connectivity index (χ1) is 8.90. The minimum atomic E-state index is -0.961. The summed E-state index contributed by atoms with van der Waals surface area (Å²) in [5, 5.41) is 13.7. The Morgan fingerprint density at radius 3 is 2.68 bits per heavy atom. The number of rotatable bonds is 5. The number of urea groups is 1. The van der Waals surface area contributed by atoms with E-state index < -0.39 is 18.0 Å². The third-order valence-corrected chi connectivity index (χ3v) is 2.68. The number of nitrogens with one attached hydrogen (secondary N) is 2. The number of ether oxygens (including phenoxy) is 1. The summed E-state index contributed by atoms with van der Waals surface area (Å²) in [4.78, 5) is 22.1. The van der Waals surface area contributed by atoms with Crippen LogP contribution < -0.4 is 15.4 Å². The Morgan fingerprint density at radius 2 is 2.11 bits per heavy atom. The molecule has 6 nitrogen and oxygen atoms in total. The molecule has 1 aromatic carbocycles. The molecule has 7 heteroatoms. The second-order valence-electron chi connectivity index (χ2n) is 3.98. The van der Waals surface area contributed by atoms with Gasteiger partial charge in [-0.15, -0.1) is 0 Å². The second kappa shape index (κ2) is 6.98. The van der Waals surface area contributed by atoms with Crippen molar-refractivity contribution in [1.82, 2.24) is 5.32 Å². The standard InChI is InChI=1S/C12H15BrN2O4/c1-7(3-11(16)17)14-12(18)15-9-4-8(13)5-10(6-9)19-2/h4-7H,3H2,1-2H3,(H,16,17)(H2,14,15,18). The zero-order chi connectivity index (χ0) is 14.4. The molecule has 0 fully saturated rings. The fourth-order valence-corrected chi connectivity index (χ4v) is 1.93. The average molecular weight is 331 g/mol. The number of carboxylic acids is 1. The summed E-state index contributed by atoms with van der Waals surface area (Å²) >= 11 is 3.30. The highest BCUT2D eigenvalue weighted by Crippen LogP contribution is 2.24. The van der Waals surface area contributed by atoms with Crippen molar-refractivity contribution in [2.24, 2.45) is 0 Å². The molecule has 1 unspecified atom stereocenters. The molecule has 19 heavy (non-hydrogen) atoms. The summed E-state index contributed by atoms with van der Waals surface area (Å²) in [5.41, 5.74) is 0.547. The van der Waals surface area contributed by atoms with Gasteiger partial charge in [-0.25, -0.2) is 4.79 Å². The molecular formula is C12H15BrN2O4. The molecule has 0 heterocycles. The van der Waals surface area contributed by atoms with Crippen LogP contribution in [0.25, 0.3) is 0 Å². The number of carbonyl (C=O) groups excluding carboxylic acids is 1. The molecule has 0 saturated heterocycles. The van der Waals surface area contributed by atoms with E-state index >= 15 is 0 Å². The number of halogens is 1. The van der Waals surface area contributed by atoms with Crippen LogP contribution in [-0.2, 0) is 4.79 Å². The number of carbonyl (C=O) groups is 2. The Bertz CT molecular complexity index is 479. The van der Waals surface area contributed by atoms with Crippen LogP contribution in [0.15, 0.2) is 22.7 Å². The van der Waals surface area contributed by atoms with Crippen molar-refractivity contribution in [2.45, 2.75) is 19.4 Å². The minimum Gasteiger partial charge on any atom is -0.497 e. The number of hydrogen-bond acceptors (Lipinski definition) is 3. The SMILES string of the molecule is COc1cc(Br)cc(NC(=O)NC(C)CC(=O)O)c1. The average Bonchev–Trinajstić information content (AvgIpc) is 2.26. The van der Waals surface area contributed by atoms with Gasteiger partial charge in [0.05, 0.1) is 13.5 Å². The van der Waals surface area contributed by atoms with E-state index in [1.165, 1.54) is 7.11 Å². The molecule has 0 aliphatic rings. The molecule has 0 spiro atoms. The normalized spacial score (nSPS) is 11.5. The van der Waals surface area contributed by atoms with Gasteiger partial charge in [0.15, 0.2) is 0 Å². The van der Waals surface area contributed by atoms with Gasteiger partial charge in [-0.05, 0) is 19.1 Å². The first-order valence-electron chi connectivity index (χ1n) is 5.54. The Labute approximate surface area is 119 Å². The van der Waals surface area contributed by atoms with E-state index in [0.29, 0.717) is 11.4 Å². The van der Waals surface area contributed by atoms with E-state index in [1.807, 2.05) is 0 Å². The first kappa shape index (κ1) is 15.3. The zero-order valence-corrected chi connectivity index (χ0v) is 12.2. The second-order valence-corrected chi connectivity index (χ2v) is 4.89. The minimum absolute atomic E-state index is 0.130. The van der Waals surface area contributed by atoms with Gasteiger partial charge >= 0.3 is 12.0 Å². The fraction of sp³-hybridized carbons (Fsp3) is 0.333. The highest BCUT2D eigenvalue weighted by Gasteiger charge is 2.11. The molecule has 1 atom stereocenters. The zero-order valence-electron chi connectivity index (χ0n) is 10.6. The van der Waals surface area contributed by atoms with Crippen molar-refractivity contribution >= 4 is 33.6 Å². The molecule has 104 valence electrons. The number of anilines is 1. The van der Waals surface area contributed by atoms with Gasteiger partial charge in [-0.3, -0.25) is 4.79 Å². The molecule has 1 aromatic rings. The van der Waals surface area contributed by atoms with Crippen molar-refractivity contribution in [2.75, 3.05) is 12.4 Å². The largest absolute Gasteiger partial charge is 0.497 e. The van der Waals surface area contributed by atoms with Crippen LogP contribution in [0.1, 0.15) is 13.3 Å². The van der Waals surface area contributed by atoms with Gasteiger partial charge < -0.3 is 20.5 Å². The van der Waals surface area contributed by atoms with Crippen LogP contribution in [0.3, 0.4) is 0 Å². The van der Waals surface area contributed by atoms with Crippen LogP contribution in [0, 0.1) is 0 Å². The highest BCUT2D eigenvalue weighted by molar-refractivity contribution is 9.10. The van der Waals surface area contributed by atoms with Crippen LogP contribution in [0.5, 0.6) is 5.75 Å². The van der Waals surface area contributed by atoms with Crippen molar-refractivity contribution in [3.63, 3.8) is 0 Å². The molecule has 0 aromatic heterocycles. The molecule has 2 amide bonds. The lowest BCUT2D eigenvalue weighted by atomic mass is 10.2. The summed E-state index contributed by atoms with van der Waals surface area (Å²) in [6.07, 6.45) is -0.130. The number of amides is 2. The van der Waals surface area contributed by atoms with E-state index in [4.69, 9.17) is 9.84 Å². The van der Waals surface area contributed by atoms with Crippen molar-refractivity contribution in [3.05, 3.63) is 22.7 Å². The van der Waals surface area contributed by atoms with E-state index in [1.54, 1.807) is 25.1 Å². The van der Waals surface area contributed by atoms with E-state index in [0.717, 1.165) is 4.47 Å². The lowest BCUT2D eigenvalue weighted by molar-refractivity contribution is -0.137. The fourth-order valence-electron chi connectivity index (χ4n) is 1.46. The molecule has 0 bridgehead atoms. The van der Waals surface area contributed by atoms with Crippen molar-refractivity contribution < 1.29 is 19.4 Å². The highest BCUT2D eigenvalue weighted by atomic mass is 79.9. The van der Waals surface area contributed by atoms with Gasteiger partial charge in [0, 0.05) is 22.3 Å².